The molecule has 2 heteroatoms. The van der Waals surface area contributed by atoms with Gasteiger partial charge in [-0.15, -0.1) is 12.4 Å². The molecule has 0 fully saturated rings. The van der Waals surface area contributed by atoms with Crippen LogP contribution in [-0.2, 0) is 0 Å². The Morgan fingerprint density at radius 2 is 0.929 bits per heavy atom. The first-order chi connectivity index (χ1) is 6.35. The third-order valence-corrected chi connectivity index (χ3v) is 9.33. The molecule has 0 atom stereocenters. The second kappa shape index (κ2) is 13.8. The molecule has 0 saturated carbocycles. The zero-order valence-corrected chi connectivity index (χ0v) is 13.2. The molecule has 0 heterocycles. The Morgan fingerprint density at radius 1 is 0.643 bits per heavy atom. The average Bonchev–Trinajstić information content (AvgIpc) is 2.17. The van der Waals surface area contributed by atoms with Gasteiger partial charge in [-0.1, -0.05) is 0 Å². The monoisotopic (exact) mass is 281 g/mol. The van der Waals surface area contributed by atoms with Crippen molar-refractivity contribution >= 4 is 26.8 Å². The Bertz CT molecular complexity index is 77.3. The van der Waals surface area contributed by atoms with Crippen LogP contribution in [0.2, 0.25) is 15.8 Å². The van der Waals surface area contributed by atoms with Crippen LogP contribution >= 0.6 is 12.4 Å². The van der Waals surface area contributed by atoms with Gasteiger partial charge in [0.15, 0.2) is 0 Å². The molecule has 0 amide bonds. The summed E-state index contributed by atoms with van der Waals surface area (Å²) >= 11 is -0.552. The number of rotatable bonds is 9. The summed E-state index contributed by atoms with van der Waals surface area (Å²) in [5.74, 6) is 0. The topological polar surface area (TPSA) is 0 Å². The van der Waals surface area contributed by atoms with E-state index in [9.17, 15) is 0 Å². The fourth-order valence-corrected chi connectivity index (χ4v) is 8.60. The van der Waals surface area contributed by atoms with Crippen molar-refractivity contribution in [1.29, 1.82) is 0 Å². The molecule has 0 aliphatic rings. The van der Waals surface area contributed by atoms with E-state index in [0.29, 0.717) is 0 Å². The number of unbranched alkanes of at least 4 members (excludes halogenated alkanes) is 3. The molecule has 0 unspecified atom stereocenters. The Morgan fingerprint density at radius 3 is 1.14 bits per heavy atom. The van der Waals surface area contributed by atoms with Gasteiger partial charge < -0.3 is 0 Å². The Balaban J connectivity index is 0. The first-order valence-corrected chi connectivity index (χ1v) is 10.6. The van der Waals surface area contributed by atoms with E-state index >= 15 is 0 Å². The maximum absolute atomic E-state index is 2.33. The molecule has 0 aliphatic heterocycles. The summed E-state index contributed by atoms with van der Waals surface area (Å²) in [5, 5.41) is 4.95. The van der Waals surface area contributed by atoms with Crippen LogP contribution in [0.1, 0.15) is 59.3 Å². The van der Waals surface area contributed by atoms with E-state index < -0.39 is 14.3 Å². The fourth-order valence-electron chi connectivity index (χ4n) is 1.66. The SMILES string of the molecule is CCC[CH2][Ge]([CH2]CCC)[CH2]CCC.Cl. The number of hydrogen-bond donors (Lipinski definition) is 0. The van der Waals surface area contributed by atoms with Crippen LogP contribution in [-0.4, -0.2) is 14.3 Å². The van der Waals surface area contributed by atoms with E-state index in [1.165, 1.54) is 38.5 Å². The standard InChI is InChI=1S/C12H27Ge.ClH/c1-4-7-10-13(11-8-5-2)12-9-6-3;/h4-12H2,1-3H3;1H. The predicted molar refractivity (Wildman–Crippen MR) is 72.1 cm³/mol. The van der Waals surface area contributed by atoms with E-state index in [1.54, 1.807) is 15.8 Å². The molecular formula is C12H28ClGe. The maximum atomic E-state index is 2.33. The molecular weight excluding hydrogens is 252 g/mol. The summed E-state index contributed by atoms with van der Waals surface area (Å²) in [7, 11) is 0. The largest absolute Gasteiger partial charge is 0.147 e. The molecule has 0 aliphatic carbocycles. The number of hydrogen-bond acceptors (Lipinski definition) is 0. The third kappa shape index (κ3) is 10.9. The van der Waals surface area contributed by atoms with Crippen LogP contribution < -0.4 is 0 Å². The minimum absolute atomic E-state index is 0. The van der Waals surface area contributed by atoms with E-state index in [0.717, 1.165) is 0 Å². The minimum Gasteiger partial charge on any atom is -0.147 e. The molecule has 0 rings (SSSR count). The van der Waals surface area contributed by atoms with Crippen molar-refractivity contribution in [1.82, 2.24) is 0 Å². The third-order valence-electron chi connectivity index (χ3n) is 2.65. The molecule has 0 spiro atoms. The van der Waals surface area contributed by atoms with Gasteiger partial charge in [-0.3, -0.25) is 0 Å². The van der Waals surface area contributed by atoms with Gasteiger partial charge in [-0.05, 0) is 0 Å². The van der Waals surface area contributed by atoms with E-state index in [4.69, 9.17) is 0 Å². The number of halogens is 1. The molecule has 1 radical (unpaired) electrons. The van der Waals surface area contributed by atoms with Gasteiger partial charge >= 0.3 is 89.4 Å². The summed E-state index contributed by atoms with van der Waals surface area (Å²) in [6.07, 6.45) is 8.78. The second-order valence-corrected chi connectivity index (χ2v) is 10.4. The van der Waals surface area contributed by atoms with Crippen molar-refractivity contribution in [2.24, 2.45) is 0 Å². The molecule has 0 aromatic carbocycles. The van der Waals surface area contributed by atoms with E-state index in [-0.39, 0.29) is 12.4 Å². The van der Waals surface area contributed by atoms with E-state index in [1.807, 2.05) is 0 Å². The predicted octanol–water partition coefficient (Wildman–Crippen LogP) is 5.30. The summed E-state index contributed by atoms with van der Waals surface area (Å²) in [6.45, 7) is 6.99. The van der Waals surface area contributed by atoms with Crippen LogP contribution in [0.3, 0.4) is 0 Å². The summed E-state index contributed by atoms with van der Waals surface area (Å²) in [4.78, 5) is 0. The maximum Gasteiger partial charge on any atom is -0.147 e. The molecule has 14 heavy (non-hydrogen) atoms. The Hall–Kier alpha value is 0.833. The Labute approximate surface area is 102 Å². The molecule has 0 aromatic rings. The zero-order valence-electron chi connectivity index (χ0n) is 10.3. The first-order valence-electron chi connectivity index (χ1n) is 6.18. The van der Waals surface area contributed by atoms with Crippen LogP contribution in [0.4, 0.5) is 0 Å². The molecule has 87 valence electrons. The average molecular weight is 280 g/mol. The van der Waals surface area contributed by atoms with Crippen molar-refractivity contribution in [3.05, 3.63) is 0 Å². The summed E-state index contributed by atoms with van der Waals surface area (Å²) in [5.41, 5.74) is 0. The van der Waals surface area contributed by atoms with Crippen LogP contribution in [0.5, 0.6) is 0 Å². The van der Waals surface area contributed by atoms with E-state index in [2.05, 4.69) is 20.8 Å². The van der Waals surface area contributed by atoms with Gasteiger partial charge in [0.2, 0.25) is 0 Å². The molecule has 0 aromatic heterocycles. The van der Waals surface area contributed by atoms with Gasteiger partial charge in [0.05, 0.1) is 0 Å². The smallest absolute Gasteiger partial charge is 0.147 e. The van der Waals surface area contributed by atoms with Crippen molar-refractivity contribution in [3.63, 3.8) is 0 Å². The van der Waals surface area contributed by atoms with Gasteiger partial charge in [-0.25, -0.2) is 0 Å². The molecule has 0 N–H and O–H groups in total. The van der Waals surface area contributed by atoms with Gasteiger partial charge in [0.25, 0.3) is 0 Å². The molecule has 0 nitrogen and oxygen atoms in total. The summed E-state index contributed by atoms with van der Waals surface area (Å²) < 4.78 is 0. The summed E-state index contributed by atoms with van der Waals surface area (Å²) in [6, 6.07) is 0. The normalized spacial score (nSPS) is 10.3. The molecule has 0 saturated heterocycles. The second-order valence-electron chi connectivity index (χ2n) is 4.06. The van der Waals surface area contributed by atoms with Crippen LogP contribution in [0.15, 0.2) is 0 Å². The van der Waals surface area contributed by atoms with Crippen molar-refractivity contribution in [3.8, 4) is 0 Å². The molecule has 0 bridgehead atoms. The van der Waals surface area contributed by atoms with Gasteiger partial charge in [0.1, 0.15) is 0 Å². The first kappa shape index (κ1) is 17.2. The van der Waals surface area contributed by atoms with Crippen molar-refractivity contribution in [2.75, 3.05) is 0 Å². The quantitative estimate of drug-likeness (QED) is 0.502. The van der Waals surface area contributed by atoms with Crippen molar-refractivity contribution in [2.45, 2.75) is 75.1 Å². The van der Waals surface area contributed by atoms with Crippen LogP contribution in [0, 0.1) is 0 Å². The zero-order chi connectivity index (χ0) is 9.94. The fraction of sp³-hybridized carbons (Fsp3) is 1.00. The van der Waals surface area contributed by atoms with Crippen molar-refractivity contribution < 1.29 is 0 Å². The van der Waals surface area contributed by atoms with Crippen LogP contribution in [0.25, 0.3) is 0 Å². The Kier molecular flexibility index (Phi) is 17.0. The van der Waals surface area contributed by atoms with Gasteiger partial charge in [-0.2, -0.15) is 0 Å². The minimum atomic E-state index is -0.552. The van der Waals surface area contributed by atoms with Gasteiger partial charge in [0, 0.05) is 0 Å².